The number of carbonyl (C=O) groups excluding carboxylic acids is 1. The van der Waals surface area contributed by atoms with Crippen molar-refractivity contribution in [2.24, 2.45) is 0 Å². The van der Waals surface area contributed by atoms with Gasteiger partial charge >= 0.3 is 0 Å². The topological polar surface area (TPSA) is 93.4 Å². The molecule has 1 aliphatic heterocycles. The van der Waals surface area contributed by atoms with Crippen LogP contribution in [0.5, 0.6) is 5.75 Å². The molecule has 3 heterocycles. The lowest BCUT2D eigenvalue weighted by atomic mass is 10.0. The zero-order valence-electron chi connectivity index (χ0n) is 19.1. The number of hydrogen-bond donors (Lipinski definition) is 1. The number of benzene rings is 1. The van der Waals surface area contributed by atoms with Crippen LogP contribution in [0.1, 0.15) is 48.6 Å². The second-order valence-corrected chi connectivity index (χ2v) is 8.93. The third-order valence-electron chi connectivity index (χ3n) is 6.33. The van der Waals surface area contributed by atoms with Gasteiger partial charge in [0.25, 0.3) is 0 Å². The minimum atomic E-state index is 0.0533. The van der Waals surface area contributed by atoms with Crippen LogP contribution in [-0.4, -0.2) is 47.3 Å². The van der Waals surface area contributed by atoms with E-state index in [0.29, 0.717) is 12.3 Å². The summed E-state index contributed by atoms with van der Waals surface area (Å²) in [6.07, 6.45) is 6.30. The number of piperidine rings is 1. The van der Waals surface area contributed by atoms with Crippen LogP contribution in [0.25, 0.3) is 11.3 Å². The molecule has 1 N–H and O–H groups in total. The molecule has 1 saturated carbocycles. The Balaban J connectivity index is 1.18. The molecule has 2 aromatic heterocycles. The van der Waals surface area contributed by atoms with E-state index in [-0.39, 0.29) is 11.9 Å². The fourth-order valence-corrected chi connectivity index (χ4v) is 4.32. The first-order chi connectivity index (χ1) is 16.1. The first-order valence-corrected chi connectivity index (χ1v) is 11.6. The van der Waals surface area contributed by atoms with Crippen LogP contribution in [-0.2, 0) is 11.2 Å². The molecule has 0 radical (unpaired) electrons. The number of anilines is 1. The highest BCUT2D eigenvalue weighted by Gasteiger charge is 2.31. The normalized spacial score (nSPS) is 16.6. The average Bonchev–Trinajstić information content (AvgIpc) is 3.60. The van der Waals surface area contributed by atoms with Crippen molar-refractivity contribution in [2.75, 3.05) is 25.1 Å². The van der Waals surface area contributed by atoms with E-state index in [9.17, 15) is 4.79 Å². The summed E-state index contributed by atoms with van der Waals surface area (Å²) < 4.78 is 10.6. The number of amides is 1. The maximum Gasteiger partial charge on any atom is 0.225 e. The van der Waals surface area contributed by atoms with E-state index in [4.69, 9.17) is 14.2 Å². The minimum absolute atomic E-state index is 0.0533. The third-order valence-corrected chi connectivity index (χ3v) is 6.33. The smallest absolute Gasteiger partial charge is 0.225 e. The van der Waals surface area contributed by atoms with Gasteiger partial charge in [0, 0.05) is 37.3 Å². The monoisotopic (exact) mass is 447 g/mol. The van der Waals surface area contributed by atoms with Crippen LogP contribution >= 0.6 is 0 Å². The Labute approximate surface area is 193 Å². The molecule has 2 fully saturated rings. The van der Waals surface area contributed by atoms with Gasteiger partial charge in [0.1, 0.15) is 5.75 Å². The minimum Gasteiger partial charge on any atom is -0.497 e. The summed E-state index contributed by atoms with van der Waals surface area (Å²) in [5.74, 6) is 2.82. The average molecular weight is 448 g/mol. The number of aryl methyl sites for hydroxylation is 1. The zero-order chi connectivity index (χ0) is 22.8. The molecule has 33 heavy (non-hydrogen) atoms. The van der Waals surface area contributed by atoms with Crippen molar-refractivity contribution in [1.82, 2.24) is 20.4 Å². The summed E-state index contributed by atoms with van der Waals surface area (Å²) in [5, 5.41) is 7.19. The van der Waals surface area contributed by atoms with Gasteiger partial charge in [0.05, 0.1) is 30.5 Å². The SMILES string of the molecule is COc1ccc(CC(=O)NC2CCN(c3ncc(-c4cc(C)no4)c(C4CC4)n3)CC2)cc1. The first kappa shape index (κ1) is 21.4. The highest BCUT2D eigenvalue weighted by Crippen LogP contribution is 2.43. The molecular formula is C25H29N5O3. The van der Waals surface area contributed by atoms with E-state index in [1.807, 2.05) is 43.5 Å². The fraction of sp³-hybridized carbons (Fsp3) is 0.440. The van der Waals surface area contributed by atoms with Crippen molar-refractivity contribution in [3.63, 3.8) is 0 Å². The van der Waals surface area contributed by atoms with Crippen LogP contribution in [0.4, 0.5) is 5.95 Å². The van der Waals surface area contributed by atoms with Crippen molar-refractivity contribution in [1.29, 1.82) is 0 Å². The van der Waals surface area contributed by atoms with Gasteiger partial charge in [-0.25, -0.2) is 9.97 Å². The van der Waals surface area contributed by atoms with Crippen LogP contribution < -0.4 is 15.0 Å². The number of nitrogens with zero attached hydrogens (tertiary/aromatic N) is 4. The Kier molecular flexibility index (Phi) is 5.98. The van der Waals surface area contributed by atoms with Crippen LogP contribution in [0.15, 0.2) is 41.1 Å². The number of methoxy groups -OCH3 is 1. The van der Waals surface area contributed by atoms with Crippen LogP contribution in [0.3, 0.4) is 0 Å². The van der Waals surface area contributed by atoms with E-state index < -0.39 is 0 Å². The Bertz CT molecular complexity index is 1120. The third kappa shape index (κ3) is 4.99. The summed E-state index contributed by atoms with van der Waals surface area (Å²) in [6, 6.07) is 9.73. The molecular weight excluding hydrogens is 418 g/mol. The molecule has 172 valence electrons. The molecule has 1 amide bonds. The summed E-state index contributed by atoms with van der Waals surface area (Å²) in [5.41, 5.74) is 3.84. The number of nitrogens with one attached hydrogen (secondary N) is 1. The molecule has 2 aliphatic rings. The van der Waals surface area contributed by atoms with Crippen molar-refractivity contribution in [3.8, 4) is 17.1 Å². The molecule has 0 spiro atoms. The predicted molar refractivity (Wildman–Crippen MR) is 124 cm³/mol. The molecule has 3 aromatic rings. The molecule has 1 saturated heterocycles. The Morgan fingerprint density at radius 3 is 2.58 bits per heavy atom. The van der Waals surface area contributed by atoms with Gasteiger partial charge in [-0.15, -0.1) is 0 Å². The number of hydrogen-bond acceptors (Lipinski definition) is 7. The Morgan fingerprint density at radius 2 is 1.94 bits per heavy atom. The highest BCUT2D eigenvalue weighted by molar-refractivity contribution is 5.79. The molecule has 1 aromatic carbocycles. The van der Waals surface area contributed by atoms with Gasteiger partial charge in [0.2, 0.25) is 11.9 Å². The first-order valence-electron chi connectivity index (χ1n) is 11.6. The van der Waals surface area contributed by atoms with Crippen molar-refractivity contribution in [3.05, 3.63) is 53.5 Å². The molecule has 0 unspecified atom stereocenters. The van der Waals surface area contributed by atoms with Gasteiger partial charge in [-0.3, -0.25) is 4.79 Å². The maximum atomic E-state index is 12.5. The van der Waals surface area contributed by atoms with Crippen LogP contribution in [0.2, 0.25) is 0 Å². The number of ether oxygens (including phenoxy) is 1. The second-order valence-electron chi connectivity index (χ2n) is 8.93. The number of aromatic nitrogens is 3. The summed E-state index contributed by atoms with van der Waals surface area (Å²) in [6.45, 7) is 3.55. The molecule has 5 rings (SSSR count). The van der Waals surface area contributed by atoms with E-state index >= 15 is 0 Å². The maximum absolute atomic E-state index is 12.5. The van der Waals surface area contributed by atoms with E-state index in [1.165, 1.54) is 0 Å². The second kappa shape index (κ2) is 9.21. The molecule has 1 aliphatic carbocycles. The predicted octanol–water partition coefficient (Wildman–Crippen LogP) is 3.65. The lowest BCUT2D eigenvalue weighted by Gasteiger charge is -2.32. The molecule has 0 bridgehead atoms. The summed E-state index contributed by atoms with van der Waals surface area (Å²) >= 11 is 0. The fourth-order valence-electron chi connectivity index (χ4n) is 4.32. The molecule has 0 atom stereocenters. The number of carbonyl (C=O) groups is 1. The van der Waals surface area contributed by atoms with Gasteiger partial charge in [0.15, 0.2) is 5.76 Å². The van der Waals surface area contributed by atoms with Crippen molar-refractivity contribution >= 4 is 11.9 Å². The van der Waals surface area contributed by atoms with Crippen molar-refractivity contribution < 1.29 is 14.1 Å². The van der Waals surface area contributed by atoms with E-state index in [0.717, 1.165) is 78.7 Å². The van der Waals surface area contributed by atoms with Crippen molar-refractivity contribution in [2.45, 2.75) is 51.0 Å². The summed E-state index contributed by atoms with van der Waals surface area (Å²) in [4.78, 5) is 24.3. The number of rotatable bonds is 7. The van der Waals surface area contributed by atoms with Crippen LogP contribution in [0, 0.1) is 6.92 Å². The highest BCUT2D eigenvalue weighted by atomic mass is 16.5. The van der Waals surface area contributed by atoms with Gasteiger partial charge in [-0.05, 0) is 50.3 Å². The largest absolute Gasteiger partial charge is 0.497 e. The van der Waals surface area contributed by atoms with Gasteiger partial charge < -0.3 is 19.5 Å². The van der Waals surface area contributed by atoms with E-state index in [1.54, 1.807) is 7.11 Å². The Hall–Kier alpha value is -3.42. The lowest BCUT2D eigenvalue weighted by molar-refractivity contribution is -0.121. The Morgan fingerprint density at radius 1 is 1.18 bits per heavy atom. The molecule has 8 nitrogen and oxygen atoms in total. The summed E-state index contributed by atoms with van der Waals surface area (Å²) in [7, 11) is 1.64. The zero-order valence-corrected chi connectivity index (χ0v) is 19.1. The quantitative estimate of drug-likeness (QED) is 0.591. The molecule has 8 heteroatoms. The van der Waals surface area contributed by atoms with Gasteiger partial charge in [-0.2, -0.15) is 0 Å². The standard InChI is InChI=1S/C25H29N5O3/c1-16-13-22(33-29-16)21-15-26-25(28-24(21)18-5-6-18)30-11-9-19(10-12-30)27-23(31)14-17-3-7-20(32-2)8-4-17/h3-4,7-8,13,15,18-19H,5-6,9-12,14H2,1-2H3,(H,27,31). The lowest BCUT2D eigenvalue weighted by Crippen LogP contribution is -2.45. The van der Waals surface area contributed by atoms with Gasteiger partial charge in [-0.1, -0.05) is 17.3 Å². The van der Waals surface area contributed by atoms with E-state index in [2.05, 4.69) is 20.4 Å².